The lowest BCUT2D eigenvalue weighted by Crippen LogP contribution is -2.44. The van der Waals surface area contributed by atoms with Crippen LogP contribution in [0.1, 0.15) is 36.2 Å². The number of alkyl halides is 3. The summed E-state index contributed by atoms with van der Waals surface area (Å²) in [6.07, 6.45) is 0.477. The molecule has 0 bridgehead atoms. The monoisotopic (exact) mass is 405 g/mol. The van der Waals surface area contributed by atoms with Crippen molar-refractivity contribution in [2.75, 3.05) is 0 Å². The molecule has 0 amide bonds. The third-order valence-electron chi connectivity index (χ3n) is 3.68. The van der Waals surface area contributed by atoms with Gasteiger partial charge >= 0.3 is 6.18 Å². The Kier molecular flexibility index (Phi) is 3.59. The predicted molar refractivity (Wildman–Crippen MR) is 82.3 cm³/mol. The molecule has 1 aromatic heterocycles. The molecule has 2 aromatic rings. The molecule has 1 atom stereocenters. The summed E-state index contributed by atoms with van der Waals surface area (Å²) in [5.74, 6) is 0. The van der Waals surface area contributed by atoms with Crippen molar-refractivity contribution in [2.45, 2.75) is 25.6 Å². The fourth-order valence-electron chi connectivity index (χ4n) is 2.60. The highest BCUT2D eigenvalue weighted by Gasteiger charge is 2.31. The van der Waals surface area contributed by atoms with Gasteiger partial charge in [0.25, 0.3) is 0 Å². The topological polar surface area (TPSA) is 19.7 Å². The lowest BCUT2D eigenvalue weighted by atomic mass is 9.95. The summed E-state index contributed by atoms with van der Waals surface area (Å²) >= 11 is 2.25. The molecule has 0 radical (unpaired) electrons. The van der Waals surface area contributed by atoms with Gasteiger partial charge in [0.05, 0.1) is 11.8 Å². The maximum atomic E-state index is 12.6. The zero-order chi connectivity index (χ0) is 15.2. The van der Waals surface area contributed by atoms with Crippen molar-refractivity contribution in [3.63, 3.8) is 0 Å². The molecule has 1 N–H and O–H groups in total. The SMILES string of the molecule is C[C@H]1CC(c2ccc(C(F)(F)F)cc2)=Cc2c(I)c[nH][n+]21. The third kappa shape index (κ3) is 2.73. The first kappa shape index (κ1) is 14.6. The first-order valence-corrected chi connectivity index (χ1v) is 7.61. The van der Waals surface area contributed by atoms with Crippen molar-refractivity contribution >= 4 is 34.2 Å². The van der Waals surface area contributed by atoms with Crippen LogP contribution in [0.2, 0.25) is 0 Å². The van der Waals surface area contributed by atoms with Gasteiger partial charge in [-0.15, -0.1) is 4.68 Å². The van der Waals surface area contributed by atoms with Crippen LogP contribution >= 0.6 is 22.6 Å². The average Bonchev–Trinajstić information content (AvgIpc) is 2.80. The summed E-state index contributed by atoms with van der Waals surface area (Å²) in [7, 11) is 0. The Morgan fingerprint density at radius 1 is 1.24 bits per heavy atom. The van der Waals surface area contributed by atoms with E-state index in [1.165, 1.54) is 0 Å². The predicted octanol–water partition coefficient (Wildman–Crippen LogP) is 4.43. The van der Waals surface area contributed by atoms with Gasteiger partial charge in [0, 0.05) is 19.4 Å². The third-order valence-corrected chi connectivity index (χ3v) is 4.55. The lowest BCUT2D eigenvalue weighted by Gasteiger charge is -2.15. The molecule has 2 heterocycles. The highest BCUT2D eigenvalue weighted by atomic mass is 127. The molecule has 0 saturated carbocycles. The van der Waals surface area contributed by atoms with Crippen molar-refractivity contribution in [3.05, 3.63) is 50.9 Å². The number of rotatable bonds is 1. The Balaban J connectivity index is 1.98. The van der Waals surface area contributed by atoms with Crippen LogP contribution in [0.15, 0.2) is 30.5 Å². The first-order valence-electron chi connectivity index (χ1n) is 6.53. The fourth-order valence-corrected chi connectivity index (χ4v) is 3.15. The second-order valence-electron chi connectivity index (χ2n) is 5.17. The molecule has 0 fully saturated rings. The van der Waals surface area contributed by atoms with Crippen molar-refractivity contribution in [1.29, 1.82) is 0 Å². The Bertz CT molecular complexity index is 699. The summed E-state index contributed by atoms with van der Waals surface area (Å²) < 4.78 is 41.0. The van der Waals surface area contributed by atoms with Crippen molar-refractivity contribution in [3.8, 4) is 0 Å². The van der Waals surface area contributed by atoms with E-state index in [4.69, 9.17) is 0 Å². The molecule has 1 aromatic carbocycles. The van der Waals surface area contributed by atoms with Crippen LogP contribution in [-0.2, 0) is 6.18 Å². The Morgan fingerprint density at radius 3 is 2.52 bits per heavy atom. The highest BCUT2D eigenvalue weighted by Crippen LogP contribution is 2.33. The number of benzene rings is 1. The molecule has 0 unspecified atom stereocenters. The molecular weight excluding hydrogens is 392 g/mol. The van der Waals surface area contributed by atoms with Crippen LogP contribution in [0.25, 0.3) is 11.6 Å². The quantitative estimate of drug-likeness (QED) is 0.535. The standard InChI is InChI=1S/C15H12F3IN2/c1-9-6-11(7-14-13(19)8-20-21(9)14)10-2-4-12(5-3-10)15(16,17)18/h2-5,7-9H,6H2,1H3/p+1/t9-/m0/s1. The van der Waals surface area contributed by atoms with Gasteiger partial charge in [-0.1, -0.05) is 12.1 Å². The van der Waals surface area contributed by atoms with E-state index in [0.717, 1.165) is 39.0 Å². The number of hydrogen-bond acceptors (Lipinski definition) is 0. The van der Waals surface area contributed by atoms with Crippen LogP contribution in [0.5, 0.6) is 0 Å². The molecule has 110 valence electrons. The number of halogens is 4. The Morgan fingerprint density at radius 2 is 1.90 bits per heavy atom. The van der Waals surface area contributed by atoms with Crippen molar-refractivity contribution < 1.29 is 17.9 Å². The van der Waals surface area contributed by atoms with Crippen molar-refractivity contribution in [2.24, 2.45) is 0 Å². The number of allylic oxidation sites excluding steroid dienone is 1. The lowest BCUT2D eigenvalue weighted by molar-refractivity contribution is -0.772. The van der Waals surface area contributed by atoms with Crippen molar-refractivity contribution in [1.82, 2.24) is 5.10 Å². The summed E-state index contributed by atoms with van der Waals surface area (Å²) in [5, 5.41) is 3.19. The van der Waals surface area contributed by atoms with Gasteiger partial charge in [-0.25, -0.2) is 0 Å². The summed E-state index contributed by atoms with van der Waals surface area (Å²) in [6.45, 7) is 2.09. The number of nitrogens with zero attached hydrogens (tertiary/aromatic N) is 1. The zero-order valence-corrected chi connectivity index (χ0v) is 13.4. The minimum absolute atomic E-state index is 0.255. The normalized spacial score (nSPS) is 18.3. The molecule has 1 aliphatic rings. The van der Waals surface area contributed by atoms with Crippen LogP contribution in [-0.4, -0.2) is 5.10 Å². The van der Waals surface area contributed by atoms with Crippen LogP contribution in [0.4, 0.5) is 13.2 Å². The van der Waals surface area contributed by atoms with Gasteiger partial charge in [0.1, 0.15) is 3.57 Å². The Labute approximate surface area is 133 Å². The molecule has 1 aliphatic heterocycles. The number of fused-ring (bicyclic) bond motifs is 1. The van der Waals surface area contributed by atoms with E-state index in [-0.39, 0.29) is 6.04 Å². The maximum Gasteiger partial charge on any atom is 0.416 e. The second-order valence-corrected chi connectivity index (χ2v) is 6.34. The van der Waals surface area contributed by atoms with E-state index in [1.807, 2.05) is 12.3 Å². The molecule has 21 heavy (non-hydrogen) atoms. The van der Waals surface area contributed by atoms with E-state index in [9.17, 15) is 13.2 Å². The number of aromatic nitrogens is 2. The van der Waals surface area contributed by atoms with Crippen LogP contribution < -0.4 is 4.68 Å². The van der Waals surface area contributed by atoms with Gasteiger partial charge in [-0.2, -0.15) is 18.3 Å². The molecule has 2 nitrogen and oxygen atoms in total. The molecule has 6 heteroatoms. The molecular formula is C15H13F3IN2+. The molecule has 0 spiro atoms. The smallest absolute Gasteiger partial charge is 0.171 e. The largest absolute Gasteiger partial charge is 0.416 e. The molecule has 0 saturated heterocycles. The molecule has 3 rings (SSSR count). The summed E-state index contributed by atoms with van der Waals surface area (Å²) in [4.78, 5) is 0. The van der Waals surface area contributed by atoms with Gasteiger partial charge < -0.3 is 0 Å². The van der Waals surface area contributed by atoms with E-state index in [2.05, 4.69) is 39.3 Å². The number of nitrogens with one attached hydrogen (secondary N) is 1. The zero-order valence-electron chi connectivity index (χ0n) is 11.2. The second kappa shape index (κ2) is 5.15. The van der Waals surface area contributed by atoms with Crippen LogP contribution in [0, 0.1) is 3.57 Å². The summed E-state index contributed by atoms with van der Waals surface area (Å²) in [6, 6.07) is 5.65. The van der Waals surface area contributed by atoms with Gasteiger partial charge in [0.15, 0.2) is 6.04 Å². The number of aromatic amines is 1. The van der Waals surface area contributed by atoms with E-state index in [0.29, 0.717) is 0 Å². The minimum atomic E-state index is -4.29. The average molecular weight is 405 g/mol. The van der Waals surface area contributed by atoms with Crippen LogP contribution in [0.3, 0.4) is 0 Å². The Hall–Kier alpha value is -1.31. The minimum Gasteiger partial charge on any atom is -0.171 e. The van der Waals surface area contributed by atoms with E-state index < -0.39 is 11.7 Å². The number of hydrogen-bond donors (Lipinski definition) is 1. The van der Waals surface area contributed by atoms with Gasteiger partial charge in [0.2, 0.25) is 5.69 Å². The van der Waals surface area contributed by atoms with Gasteiger partial charge in [-0.05, 0) is 45.9 Å². The fraction of sp³-hybridized carbons (Fsp3) is 0.267. The molecule has 0 aliphatic carbocycles. The highest BCUT2D eigenvalue weighted by molar-refractivity contribution is 14.1. The van der Waals surface area contributed by atoms with E-state index in [1.54, 1.807) is 12.1 Å². The maximum absolute atomic E-state index is 12.6. The number of H-pyrrole nitrogens is 1. The summed E-state index contributed by atoms with van der Waals surface area (Å²) in [5.41, 5.74) is 2.37. The van der Waals surface area contributed by atoms with Gasteiger partial charge in [-0.3, -0.25) is 0 Å². The van der Waals surface area contributed by atoms with E-state index >= 15 is 0 Å². The first-order chi connectivity index (χ1) is 9.86.